The van der Waals surface area contributed by atoms with Gasteiger partial charge in [-0.1, -0.05) is 34.5 Å². The van der Waals surface area contributed by atoms with Gasteiger partial charge in [0.05, 0.1) is 16.3 Å². The summed E-state index contributed by atoms with van der Waals surface area (Å²) in [5.74, 6) is -0.380. The van der Waals surface area contributed by atoms with Crippen LogP contribution < -0.4 is 5.32 Å². The van der Waals surface area contributed by atoms with Gasteiger partial charge in [-0.05, 0) is 18.2 Å². The number of carbonyl (C=O) groups is 1. The summed E-state index contributed by atoms with van der Waals surface area (Å²) in [5, 5.41) is 2.86. The van der Waals surface area contributed by atoms with Gasteiger partial charge in [-0.15, -0.1) is 0 Å². The van der Waals surface area contributed by atoms with E-state index in [4.69, 9.17) is 11.6 Å². The van der Waals surface area contributed by atoms with Crippen molar-refractivity contribution in [1.82, 2.24) is 5.32 Å². The van der Waals surface area contributed by atoms with Gasteiger partial charge in [-0.2, -0.15) is 0 Å². The Bertz CT molecular complexity index is 545. The number of hydrogen-bond acceptors (Lipinski definition) is 3. The summed E-state index contributed by atoms with van der Waals surface area (Å²) < 4.78 is 23.2. The number of benzene rings is 1. The Balaban J connectivity index is 2.64. The normalized spacial score (nSPS) is 11.3. The highest BCUT2D eigenvalue weighted by molar-refractivity contribution is 9.10. The quantitative estimate of drug-likeness (QED) is 0.882. The second-order valence-electron chi connectivity index (χ2n) is 3.62. The first-order valence-electron chi connectivity index (χ1n) is 5.29. The van der Waals surface area contributed by atoms with Crippen molar-refractivity contribution in [3.63, 3.8) is 0 Å². The number of halogens is 2. The van der Waals surface area contributed by atoms with Gasteiger partial charge < -0.3 is 5.32 Å². The third-order valence-electron chi connectivity index (χ3n) is 2.31. The number of rotatable bonds is 5. The molecule has 100 valence electrons. The summed E-state index contributed by atoms with van der Waals surface area (Å²) in [6.07, 6.45) is 0. The smallest absolute Gasteiger partial charge is 0.252 e. The van der Waals surface area contributed by atoms with E-state index in [1.807, 2.05) is 0 Å². The molecule has 1 aromatic rings. The standard InChI is InChI=1S/C11H13BrClNO3S/c1-2-18(16,17)6-5-14-11(15)9-7-8(12)3-4-10(9)13/h3-4,7H,2,5-6H2,1H3,(H,14,15). The van der Waals surface area contributed by atoms with Gasteiger partial charge in [-0.25, -0.2) is 8.42 Å². The molecule has 1 rings (SSSR count). The largest absolute Gasteiger partial charge is 0.351 e. The molecule has 0 fully saturated rings. The molecule has 0 atom stereocenters. The SMILES string of the molecule is CCS(=O)(=O)CCNC(=O)c1cc(Br)ccc1Cl. The van der Waals surface area contributed by atoms with Crippen molar-refractivity contribution in [2.24, 2.45) is 0 Å². The maximum absolute atomic E-state index is 11.8. The lowest BCUT2D eigenvalue weighted by Gasteiger charge is -2.07. The summed E-state index contributed by atoms with van der Waals surface area (Å²) in [4.78, 5) is 11.8. The van der Waals surface area contributed by atoms with E-state index in [0.717, 1.165) is 4.47 Å². The number of carbonyl (C=O) groups excluding carboxylic acids is 1. The number of sulfone groups is 1. The van der Waals surface area contributed by atoms with Gasteiger partial charge in [0, 0.05) is 16.8 Å². The van der Waals surface area contributed by atoms with Crippen molar-refractivity contribution in [3.8, 4) is 0 Å². The fraction of sp³-hybridized carbons (Fsp3) is 0.364. The first kappa shape index (κ1) is 15.5. The van der Waals surface area contributed by atoms with Crippen LogP contribution in [0.2, 0.25) is 5.02 Å². The minimum atomic E-state index is -3.07. The summed E-state index contributed by atoms with van der Waals surface area (Å²) in [6, 6.07) is 4.91. The molecular formula is C11H13BrClNO3S. The highest BCUT2D eigenvalue weighted by Crippen LogP contribution is 2.20. The molecule has 0 radical (unpaired) electrons. The Kier molecular flexibility index (Phi) is 5.62. The molecule has 1 aromatic carbocycles. The Morgan fingerprint density at radius 2 is 2.11 bits per heavy atom. The van der Waals surface area contributed by atoms with Crippen molar-refractivity contribution in [1.29, 1.82) is 0 Å². The molecule has 0 aliphatic carbocycles. The van der Waals surface area contributed by atoms with Gasteiger partial charge in [0.25, 0.3) is 5.91 Å². The summed E-state index contributed by atoms with van der Waals surface area (Å²) in [5.41, 5.74) is 0.319. The first-order chi connectivity index (χ1) is 8.35. The zero-order valence-electron chi connectivity index (χ0n) is 9.74. The molecule has 7 heteroatoms. The lowest BCUT2D eigenvalue weighted by atomic mass is 10.2. The monoisotopic (exact) mass is 353 g/mol. The molecule has 0 unspecified atom stereocenters. The second kappa shape index (κ2) is 6.54. The van der Waals surface area contributed by atoms with Gasteiger partial charge in [0.2, 0.25) is 0 Å². The van der Waals surface area contributed by atoms with Crippen LogP contribution in [0.15, 0.2) is 22.7 Å². The maximum atomic E-state index is 11.8. The van der Waals surface area contributed by atoms with E-state index < -0.39 is 9.84 Å². The van der Waals surface area contributed by atoms with Crippen molar-refractivity contribution in [2.75, 3.05) is 18.1 Å². The lowest BCUT2D eigenvalue weighted by Crippen LogP contribution is -2.29. The lowest BCUT2D eigenvalue weighted by molar-refractivity contribution is 0.0956. The first-order valence-corrected chi connectivity index (χ1v) is 8.28. The second-order valence-corrected chi connectivity index (χ2v) is 7.41. The summed E-state index contributed by atoms with van der Waals surface area (Å²) >= 11 is 9.13. The molecule has 4 nitrogen and oxygen atoms in total. The molecule has 0 aromatic heterocycles. The van der Waals surface area contributed by atoms with Gasteiger partial charge >= 0.3 is 0 Å². The Hall–Kier alpha value is -0.590. The van der Waals surface area contributed by atoms with Crippen molar-refractivity contribution in [3.05, 3.63) is 33.3 Å². The van der Waals surface area contributed by atoms with Crippen molar-refractivity contribution >= 4 is 43.3 Å². The van der Waals surface area contributed by atoms with Gasteiger partial charge in [0.15, 0.2) is 9.84 Å². The number of amides is 1. The summed E-state index contributed by atoms with van der Waals surface area (Å²) in [6.45, 7) is 1.65. The Morgan fingerprint density at radius 1 is 1.44 bits per heavy atom. The third-order valence-corrected chi connectivity index (χ3v) is 4.84. The predicted molar refractivity (Wildman–Crippen MR) is 75.8 cm³/mol. The Labute approximate surface area is 120 Å². The van der Waals surface area contributed by atoms with Crippen LogP contribution in [0.1, 0.15) is 17.3 Å². The van der Waals surface area contributed by atoms with E-state index in [1.54, 1.807) is 25.1 Å². The third kappa shape index (κ3) is 4.59. The van der Waals surface area contributed by atoms with Crippen LogP contribution in [-0.2, 0) is 9.84 Å². The highest BCUT2D eigenvalue weighted by Gasteiger charge is 2.12. The zero-order valence-corrected chi connectivity index (χ0v) is 12.9. The highest BCUT2D eigenvalue weighted by atomic mass is 79.9. The number of hydrogen-bond donors (Lipinski definition) is 1. The molecule has 0 aliphatic heterocycles. The van der Waals surface area contributed by atoms with E-state index in [9.17, 15) is 13.2 Å². The minimum absolute atomic E-state index is 0.0686. The average molecular weight is 355 g/mol. The van der Waals surface area contributed by atoms with E-state index in [2.05, 4.69) is 21.2 Å². The van der Waals surface area contributed by atoms with E-state index in [1.165, 1.54) is 0 Å². The van der Waals surface area contributed by atoms with E-state index >= 15 is 0 Å². The maximum Gasteiger partial charge on any atom is 0.252 e. The number of nitrogens with one attached hydrogen (secondary N) is 1. The van der Waals surface area contributed by atoms with E-state index in [0.29, 0.717) is 10.6 Å². The van der Waals surface area contributed by atoms with E-state index in [-0.39, 0.29) is 24.0 Å². The predicted octanol–water partition coefficient (Wildman–Crippen LogP) is 2.27. The van der Waals surface area contributed by atoms with Crippen LogP contribution in [-0.4, -0.2) is 32.4 Å². The fourth-order valence-corrected chi connectivity index (χ4v) is 2.50. The fourth-order valence-electron chi connectivity index (χ4n) is 1.23. The molecule has 0 aliphatic rings. The molecule has 1 N–H and O–H groups in total. The Morgan fingerprint density at radius 3 is 2.72 bits per heavy atom. The molecule has 0 spiro atoms. The van der Waals surface area contributed by atoms with Crippen LogP contribution in [0.5, 0.6) is 0 Å². The molecular weight excluding hydrogens is 342 g/mol. The summed E-state index contributed by atoms with van der Waals surface area (Å²) in [7, 11) is -3.07. The van der Waals surface area contributed by atoms with Crippen molar-refractivity contribution < 1.29 is 13.2 Å². The molecule has 18 heavy (non-hydrogen) atoms. The van der Waals surface area contributed by atoms with Gasteiger partial charge in [-0.3, -0.25) is 4.79 Å². The topological polar surface area (TPSA) is 63.2 Å². The van der Waals surface area contributed by atoms with Crippen LogP contribution >= 0.6 is 27.5 Å². The van der Waals surface area contributed by atoms with Crippen molar-refractivity contribution in [2.45, 2.75) is 6.92 Å². The van der Waals surface area contributed by atoms with Crippen LogP contribution in [0.25, 0.3) is 0 Å². The zero-order chi connectivity index (χ0) is 13.8. The minimum Gasteiger partial charge on any atom is -0.351 e. The van der Waals surface area contributed by atoms with Crippen LogP contribution in [0.3, 0.4) is 0 Å². The molecule has 1 amide bonds. The average Bonchev–Trinajstić information content (AvgIpc) is 2.32. The molecule has 0 saturated carbocycles. The van der Waals surface area contributed by atoms with Crippen LogP contribution in [0, 0.1) is 0 Å². The molecule has 0 bridgehead atoms. The van der Waals surface area contributed by atoms with Gasteiger partial charge in [0.1, 0.15) is 0 Å². The van der Waals surface area contributed by atoms with Crippen LogP contribution in [0.4, 0.5) is 0 Å². The molecule has 0 saturated heterocycles. The molecule has 0 heterocycles.